The summed E-state index contributed by atoms with van der Waals surface area (Å²) in [5.41, 5.74) is 1.37. The van der Waals surface area contributed by atoms with Gasteiger partial charge >= 0.3 is 0 Å². The molecule has 0 N–H and O–H groups in total. The number of imidazole rings is 1. The Hall–Kier alpha value is -1.89. The zero-order valence-corrected chi connectivity index (χ0v) is 15.6. The van der Waals surface area contributed by atoms with Crippen LogP contribution in [-0.2, 0) is 13.1 Å². The lowest BCUT2D eigenvalue weighted by atomic mass is 10.1. The normalized spacial score (nSPS) is 22.3. The first kappa shape index (κ1) is 17.5. The molecule has 0 unspecified atom stereocenters. The zero-order chi connectivity index (χ0) is 17.8. The monoisotopic (exact) mass is 355 g/mol. The van der Waals surface area contributed by atoms with Gasteiger partial charge in [-0.05, 0) is 24.7 Å². The van der Waals surface area contributed by atoms with E-state index in [0.717, 1.165) is 18.8 Å². The van der Waals surface area contributed by atoms with E-state index >= 15 is 0 Å². The van der Waals surface area contributed by atoms with Crippen LogP contribution in [0.15, 0.2) is 43.0 Å². The van der Waals surface area contributed by atoms with Gasteiger partial charge in [-0.25, -0.2) is 4.98 Å². The highest BCUT2D eigenvalue weighted by Gasteiger charge is 2.30. The van der Waals surface area contributed by atoms with Gasteiger partial charge in [-0.3, -0.25) is 9.80 Å². The minimum atomic E-state index is 0.660. The molecule has 26 heavy (non-hydrogen) atoms. The maximum absolute atomic E-state index is 5.83. The van der Waals surface area contributed by atoms with Crippen molar-refractivity contribution < 1.29 is 4.74 Å². The summed E-state index contributed by atoms with van der Waals surface area (Å²) in [7, 11) is 2.24. The molecule has 0 amide bonds. The van der Waals surface area contributed by atoms with Gasteiger partial charge in [-0.2, -0.15) is 0 Å². The fourth-order valence-corrected chi connectivity index (χ4v) is 3.96. The van der Waals surface area contributed by atoms with Gasteiger partial charge in [0.05, 0.1) is 12.9 Å². The first-order valence-corrected chi connectivity index (χ1v) is 9.59. The van der Waals surface area contributed by atoms with Crippen molar-refractivity contribution in [3.8, 4) is 5.75 Å². The Labute approximate surface area is 156 Å². The molecule has 0 spiro atoms. The number of nitrogens with zero attached hydrogens (tertiary/aromatic N) is 5. The minimum absolute atomic E-state index is 0.660. The SMILES string of the molecule is CN1CCN2CCN(Cc3ccc(OCCn4ccnc4)cc3)C[C@@H]2C1. The maximum Gasteiger partial charge on any atom is 0.119 e. The van der Waals surface area contributed by atoms with E-state index in [-0.39, 0.29) is 0 Å². The maximum atomic E-state index is 5.83. The summed E-state index contributed by atoms with van der Waals surface area (Å²) >= 11 is 0. The van der Waals surface area contributed by atoms with Crippen LogP contribution < -0.4 is 4.74 Å². The number of fused-ring (bicyclic) bond motifs is 1. The van der Waals surface area contributed by atoms with Gasteiger partial charge in [0.15, 0.2) is 0 Å². The van der Waals surface area contributed by atoms with Crippen molar-refractivity contribution >= 4 is 0 Å². The number of likely N-dealkylation sites (N-methyl/N-ethyl adjacent to an activating group) is 1. The van der Waals surface area contributed by atoms with E-state index in [4.69, 9.17) is 4.74 Å². The quantitative estimate of drug-likeness (QED) is 0.783. The third kappa shape index (κ3) is 4.44. The van der Waals surface area contributed by atoms with Crippen LogP contribution in [-0.4, -0.2) is 83.2 Å². The zero-order valence-electron chi connectivity index (χ0n) is 15.6. The Morgan fingerprint density at radius 1 is 1.08 bits per heavy atom. The van der Waals surface area contributed by atoms with Gasteiger partial charge in [0.25, 0.3) is 0 Å². The van der Waals surface area contributed by atoms with E-state index in [2.05, 4.69) is 51.0 Å². The smallest absolute Gasteiger partial charge is 0.119 e. The molecule has 6 heteroatoms. The minimum Gasteiger partial charge on any atom is -0.492 e. The van der Waals surface area contributed by atoms with Crippen LogP contribution in [0, 0.1) is 0 Å². The molecule has 0 aliphatic carbocycles. The van der Waals surface area contributed by atoms with Crippen molar-refractivity contribution in [3.05, 3.63) is 48.5 Å². The highest BCUT2D eigenvalue weighted by molar-refractivity contribution is 5.27. The molecule has 140 valence electrons. The summed E-state index contributed by atoms with van der Waals surface area (Å²) in [5, 5.41) is 0. The molecular weight excluding hydrogens is 326 g/mol. The van der Waals surface area contributed by atoms with Gasteiger partial charge in [0.1, 0.15) is 12.4 Å². The first-order chi connectivity index (χ1) is 12.8. The molecule has 1 aromatic heterocycles. The molecule has 1 atom stereocenters. The van der Waals surface area contributed by atoms with Crippen molar-refractivity contribution in [1.29, 1.82) is 0 Å². The lowest BCUT2D eigenvalue weighted by molar-refractivity contribution is 0.0175. The van der Waals surface area contributed by atoms with Crippen molar-refractivity contribution in [2.45, 2.75) is 19.1 Å². The lowest BCUT2D eigenvalue weighted by Crippen LogP contribution is -2.60. The number of rotatable bonds is 6. The molecule has 0 radical (unpaired) electrons. The third-order valence-corrected chi connectivity index (χ3v) is 5.49. The molecular formula is C20H29N5O. The molecule has 2 aliphatic heterocycles. The number of piperazine rings is 2. The number of ether oxygens (including phenoxy) is 1. The summed E-state index contributed by atoms with van der Waals surface area (Å²) in [6.45, 7) is 9.68. The van der Waals surface area contributed by atoms with Gasteiger partial charge in [-0.1, -0.05) is 12.1 Å². The third-order valence-electron chi connectivity index (χ3n) is 5.49. The average molecular weight is 355 g/mol. The molecule has 2 fully saturated rings. The summed E-state index contributed by atoms with van der Waals surface area (Å²) in [4.78, 5) is 11.8. The van der Waals surface area contributed by atoms with E-state index in [1.54, 1.807) is 6.20 Å². The van der Waals surface area contributed by atoms with E-state index in [1.165, 1.54) is 44.8 Å². The topological polar surface area (TPSA) is 36.8 Å². The van der Waals surface area contributed by atoms with Crippen LogP contribution in [0.5, 0.6) is 5.75 Å². The summed E-state index contributed by atoms with van der Waals surface area (Å²) < 4.78 is 7.86. The van der Waals surface area contributed by atoms with Crippen LogP contribution in [0.25, 0.3) is 0 Å². The van der Waals surface area contributed by atoms with E-state index in [9.17, 15) is 0 Å². The van der Waals surface area contributed by atoms with Gasteiger partial charge in [0.2, 0.25) is 0 Å². The Kier molecular flexibility index (Phi) is 5.53. The van der Waals surface area contributed by atoms with Crippen molar-refractivity contribution in [2.24, 2.45) is 0 Å². The van der Waals surface area contributed by atoms with Gasteiger partial charge in [0, 0.05) is 64.2 Å². The van der Waals surface area contributed by atoms with Crippen LogP contribution in [0.4, 0.5) is 0 Å². The van der Waals surface area contributed by atoms with E-state index in [0.29, 0.717) is 12.6 Å². The molecule has 2 aromatic rings. The van der Waals surface area contributed by atoms with Crippen LogP contribution >= 0.6 is 0 Å². The highest BCUT2D eigenvalue weighted by Crippen LogP contribution is 2.18. The second kappa shape index (κ2) is 8.20. The van der Waals surface area contributed by atoms with E-state index in [1.807, 2.05) is 17.1 Å². The highest BCUT2D eigenvalue weighted by atomic mass is 16.5. The fraction of sp³-hybridized carbons (Fsp3) is 0.550. The van der Waals surface area contributed by atoms with E-state index < -0.39 is 0 Å². The standard InChI is InChI=1S/C20H29N5O/c1-22-8-10-25-11-9-24(16-19(25)15-22)14-18-2-4-20(5-3-18)26-13-12-23-7-6-21-17-23/h2-7,17,19H,8-16H2,1H3/t19-/m0/s1. The van der Waals surface area contributed by atoms with Crippen molar-refractivity contribution in [3.63, 3.8) is 0 Å². The Balaban J connectivity index is 1.25. The van der Waals surface area contributed by atoms with Crippen LogP contribution in [0.1, 0.15) is 5.56 Å². The number of aromatic nitrogens is 2. The summed E-state index contributed by atoms with van der Waals surface area (Å²) in [6.07, 6.45) is 5.56. The van der Waals surface area contributed by atoms with Crippen LogP contribution in [0.3, 0.4) is 0 Å². The molecule has 6 nitrogen and oxygen atoms in total. The second-order valence-corrected chi connectivity index (χ2v) is 7.48. The number of hydrogen-bond donors (Lipinski definition) is 0. The number of hydrogen-bond acceptors (Lipinski definition) is 5. The molecule has 0 bridgehead atoms. The van der Waals surface area contributed by atoms with Crippen molar-refractivity contribution in [2.75, 3.05) is 52.9 Å². The van der Waals surface area contributed by atoms with Crippen molar-refractivity contribution in [1.82, 2.24) is 24.3 Å². The predicted octanol–water partition coefficient (Wildman–Crippen LogP) is 1.39. The molecule has 0 saturated carbocycles. The Bertz CT molecular complexity index is 672. The van der Waals surface area contributed by atoms with Crippen LogP contribution in [0.2, 0.25) is 0 Å². The Morgan fingerprint density at radius 3 is 2.73 bits per heavy atom. The fourth-order valence-electron chi connectivity index (χ4n) is 3.96. The predicted molar refractivity (Wildman–Crippen MR) is 102 cm³/mol. The summed E-state index contributed by atoms with van der Waals surface area (Å²) in [5.74, 6) is 0.938. The molecule has 2 aliphatic rings. The molecule has 4 rings (SSSR count). The van der Waals surface area contributed by atoms with Gasteiger partial charge < -0.3 is 14.2 Å². The average Bonchev–Trinajstić information content (AvgIpc) is 3.16. The largest absolute Gasteiger partial charge is 0.492 e. The molecule has 1 aromatic carbocycles. The molecule has 2 saturated heterocycles. The lowest BCUT2D eigenvalue weighted by Gasteiger charge is -2.46. The second-order valence-electron chi connectivity index (χ2n) is 7.48. The first-order valence-electron chi connectivity index (χ1n) is 9.59. The number of benzene rings is 1. The molecule has 3 heterocycles. The summed E-state index contributed by atoms with van der Waals surface area (Å²) in [6, 6.07) is 9.27. The Morgan fingerprint density at radius 2 is 1.92 bits per heavy atom. The van der Waals surface area contributed by atoms with Gasteiger partial charge in [-0.15, -0.1) is 0 Å².